The molecular weight excluding hydrogens is 467 g/mol. The van der Waals surface area contributed by atoms with Gasteiger partial charge in [-0.15, -0.1) is 0 Å². The number of amides is 4. The summed E-state index contributed by atoms with van der Waals surface area (Å²) < 4.78 is 18.7. The van der Waals surface area contributed by atoms with Crippen molar-refractivity contribution in [1.82, 2.24) is 20.9 Å². The van der Waals surface area contributed by atoms with E-state index in [4.69, 9.17) is 4.74 Å². The molecule has 0 unspecified atom stereocenters. The van der Waals surface area contributed by atoms with Crippen LogP contribution in [0.4, 0.5) is 9.18 Å². The van der Waals surface area contributed by atoms with E-state index in [2.05, 4.69) is 16.0 Å². The SMILES string of the molecule is CCCC[C@H](NC(=O)C1(NC(=O)N2CCOCC2)CCCCC1)C(=O)C(=O)NCc1cccc(F)c1. The Balaban J connectivity index is 1.68. The Kier molecular flexibility index (Phi) is 10.2. The van der Waals surface area contributed by atoms with Gasteiger partial charge in [0.15, 0.2) is 0 Å². The molecule has 1 aliphatic carbocycles. The van der Waals surface area contributed by atoms with Crippen LogP contribution in [0.5, 0.6) is 0 Å². The summed E-state index contributed by atoms with van der Waals surface area (Å²) in [5.74, 6) is -2.45. The van der Waals surface area contributed by atoms with E-state index in [1.54, 1.807) is 11.0 Å². The van der Waals surface area contributed by atoms with Crippen molar-refractivity contribution in [1.29, 1.82) is 0 Å². The second kappa shape index (κ2) is 13.3. The maximum atomic E-state index is 13.6. The fraction of sp³-hybridized carbons (Fsp3) is 0.615. The van der Waals surface area contributed by atoms with E-state index in [1.165, 1.54) is 18.2 Å². The van der Waals surface area contributed by atoms with Crippen LogP contribution in [0, 0.1) is 5.82 Å². The highest BCUT2D eigenvalue weighted by Crippen LogP contribution is 2.29. The van der Waals surface area contributed by atoms with Crippen LogP contribution in [-0.2, 0) is 25.7 Å². The molecule has 2 aliphatic rings. The highest BCUT2D eigenvalue weighted by Gasteiger charge is 2.43. The molecule has 4 amide bonds. The minimum Gasteiger partial charge on any atom is -0.378 e. The first kappa shape index (κ1) is 27.6. The zero-order chi connectivity index (χ0) is 26.0. The third-order valence-electron chi connectivity index (χ3n) is 6.82. The lowest BCUT2D eigenvalue weighted by Crippen LogP contribution is -2.64. The first-order valence-electron chi connectivity index (χ1n) is 12.9. The molecule has 2 fully saturated rings. The van der Waals surface area contributed by atoms with Crippen LogP contribution in [0.3, 0.4) is 0 Å². The molecule has 3 rings (SSSR count). The third-order valence-corrected chi connectivity index (χ3v) is 6.82. The van der Waals surface area contributed by atoms with Crippen LogP contribution in [0.2, 0.25) is 0 Å². The molecule has 1 atom stereocenters. The van der Waals surface area contributed by atoms with E-state index < -0.39 is 35.0 Å². The van der Waals surface area contributed by atoms with Crippen molar-refractivity contribution in [3.8, 4) is 0 Å². The molecule has 36 heavy (non-hydrogen) atoms. The van der Waals surface area contributed by atoms with Gasteiger partial charge in [0.05, 0.1) is 19.3 Å². The summed E-state index contributed by atoms with van der Waals surface area (Å²) in [7, 11) is 0. The Labute approximate surface area is 211 Å². The van der Waals surface area contributed by atoms with Crippen LogP contribution in [0.15, 0.2) is 24.3 Å². The van der Waals surface area contributed by atoms with E-state index in [0.717, 1.165) is 25.7 Å². The normalized spacial score (nSPS) is 18.1. The fourth-order valence-electron chi connectivity index (χ4n) is 4.66. The molecule has 1 aliphatic heterocycles. The lowest BCUT2D eigenvalue weighted by Gasteiger charge is -2.39. The first-order chi connectivity index (χ1) is 17.3. The minimum atomic E-state index is -1.13. The summed E-state index contributed by atoms with van der Waals surface area (Å²) in [6, 6.07) is 4.42. The lowest BCUT2D eigenvalue weighted by atomic mass is 9.80. The van der Waals surface area contributed by atoms with Crippen molar-refractivity contribution in [3.63, 3.8) is 0 Å². The Morgan fingerprint density at radius 3 is 2.50 bits per heavy atom. The average Bonchev–Trinajstić information content (AvgIpc) is 2.90. The Morgan fingerprint density at radius 1 is 1.11 bits per heavy atom. The maximum Gasteiger partial charge on any atom is 0.318 e. The molecule has 0 radical (unpaired) electrons. The summed E-state index contributed by atoms with van der Waals surface area (Å²) in [5, 5.41) is 8.27. The molecule has 3 N–H and O–H groups in total. The minimum absolute atomic E-state index is 0.00365. The highest BCUT2D eigenvalue weighted by molar-refractivity contribution is 6.38. The number of urea groups is 1. The topological polar surface area (TPSA) is 117 Å². The van der Waals surface area contributed by atoms with Gasteiger partial charge in [0, 0.05) is 19.6 Å². The number of Topliss-reactive ketones (excluding diaryl/α,β-unsaturated/α-hetero) is 1. The van der Waals surface area contributed by atoms with Gasteiger partial charge in [-0.1, -0.05) is 51.2 Å². The molecule has 1 aromatic carbocycles. The number of ether oxygens (including phenoxy) is 1. The van der Waals surface area contributed by atoms with Crippen molar-refractivity contribution in [2.45, 2.75) is 76.4 Å². The van der Waals surface area contributed by atoms with Gasteiger partial charge in [0.2, 0.25) is 11.7 Å². The van der Waals surface area contributed by atoms with Gasteiger partial charge >= 0.3 is 6.03 Å². The number of carbonyl (C=O) groups is 4. The standard InChI is InChI=1S/C26H37FN4O5/c1-2-3-10-21(22(32)23(33)28-18-19-8-7-9-20(27)17-19)29-24(34)26(11-5-4-6-12-26)30-25(35)31-13-15-36-16-14-31/h7-9,17,21H,2-6,10-16,18H2,1H3,(H,28,33)(H,29,34)(H,30,35)/t21-/m0/s1. The summed E-state index contributed by atoms with van der Waals surface area (Å²) >= 11 is 0. The predicted octanol–water partition coefficient (Wildman–Crippen LogP) is 2.43. The lowest BCUT2D eigenvalue weighted by molar-refractivity contribution is -0.141. The van der Waals surface area contributed by atoms with Gasteiger partial charge in [-0.25, -0.2) is 9.18 Å². The number of halogens is 1. The fourth-order valence-corrected chi connectivity index (χ4v) is 4.66. The van der Waals surface area contributed by atoms with Gasteiger partial charge in [0.25, 0.3) is 5.91 Å². The summed E-state index contributed by atoms with van der Waals surface area (Å²) in [6.45, 7) is 3.75. The van der Waals surface area contributed by atoms with Crippen LogP contribution in [0.25, 0.3) is 0 Å². The molecular formula is C26H37FN4O5. The van der Waals surface area contributed by atoms with E-state index >= 15 is 0 Å². The van der Waals surface area contributed by atoms with E-state index in [0.29, 0.717) is 57.6 Å². The number of carbonyl (C=O) groups excluding carboxylic acids is 4. The molecule has 1 saturated heterocycles. The van der Waals surface area contributed by atoms with Crippen molar-refractivity contribution in [3.05, 3.63) is 35.6 Å². The highest BCUT2D eigenvalue weighted by atomic mass is 19.1. The number of nitrogens with one attached hydrogen (secondary N) is 3. The number of ketones is 1. The van der Waals surface area contributed by atoms with Gasteiger partial charge in [-0.05, 0) is 37.0 Å². The smallest absolute Gasteiger partial charge is 0.318 e. The average molecular weight is 505 g/mol. The second-order valence-electron chi connectivity index (χ2n) is 9.52. The molecule has 9 nitrogen and oxygen atoms in total. The van der Waals surface area contributed by atoms with Crippen LogP contribution in [-0.4, -0.2) is 66.4 Å². The van der Waals surface area contributed by atoms with Crippen LogP contribution < -0.4 is 16.0 Å². The molecule has 1 heterocycles. The monoisotopic (exact) mass is 504 g/mol. The Hall–Kier alpha value is -3.01. The molecule has 0 aromatic heterocycles. The predicted molar refractivity (Wildman–Crippen MR) is 131 cm³/mol. The summed E-state index contributed by atoms with van der Waals surface area (Å²) in [4.78, 5) is 53.8. The Morgan fingerprint density at radius 2 is 1.83 bits per heavy atom. The quantitative estimate of drug-likeness (QED) is 0.423. The third kappa shape index (κ3) is 7.49. The van der Waals surface area contributed by atoms with Crippen molar-refractivity contribution >= 4 is 23.6 Å². The number of nitrogens with zero attached hydrogens (tertiary/aromatic N) is 1. The van der Waals surface area contributed by atoms with Crippen molar-refractivity contribution in [2.75, 3.05) is 26.3 Å². The molecule has 10 heteroatoms. The largest absolute Gasteiger partial charge is 0.378 e. The van der Waals surface area contributed by atoms with Gasteiger partial charge in [-0.2, -0.15) is 0 Å². The van der Waals surface area contributed by atoms with Gasteiger partial charge < -0.3 is 25.6 Å². The van der Waals surface area contributed by atoms with E-state index in [1.807, 2.05) is 6.92 Å². The molecule has 198 valence electrons. The number of rotatable bonds is 10. The second-order valence-corrected chi connectivity index (χ2v) is 9.52. The van der Waals surface area contributed by atoms with Crippen LogP contribution in [0.1, 0.15) is 63.9 Å². The molecule has 1 saturated carbocycles. The zero-order valence-electron chi connectivity index (χ0n) is 20.9. The maximum absolute atomic E-state index is 13.6. The van der Waals surface area contributed by atoms with Crippen LogP contribution >= 0.6 is 0 Å². The van der Waals surface area contributed by atoms with Crippen molar-refractivity contribution in [2.24, 2.45) is 0 Å². The number of unbranched alkanes of at least 4 members (excludes halogenated alkanes) is 1. The van der Waals surface area contributed by atoms with Gasteiger partial charge in [0.1, 0.15) is 11.4 Å². The summed E-state index contributed by atoms with van der Waals surface area (Å²) in [5.41, 5.74) is -0.603. The number of benzene rings is 1. The van der Waals surface area contributed by atoms with Gasteiger partial charge in [-0.3, -0.25) is 14.4 Å². The zero-order valence-corrected chi connectivity index (χ0v) is 20.9. The van der Waals surface area contributed by atoms with Crippen molar-refractivity contribution < 1.29 is 28.3 Å². The number of morpholine rings is 1. The Bertz CT molecular complexity index is 929. The molecule has 1 aromatic rings. The molecule has 0 bridgehead atoms. The number of hydrogen-bond donors (Lipinski definition) is 3. The molecule has 0 spiro atoms. The number of hydrogen-bond acceptors (Lipinski definition) is 5. The summed E-state index contributed by atoms with van der Waals surface area (Å²) in [6.07, 6.45) is 5.18. The van der Waals surface area contributed by atoms with E-state index in [-0.39, 0.29) is 12.6 Å². The first-order valence-corrected chi connectivity index (χ1v) is 12.9. The van der Waals surface area contributed by atoms with E-state index in [9.17, 15) is 23.6 Å².